The van der Waals surface area contributed by atoms with Gasteiger partial charge in [0.15, 0.2) is 0 Å². The Morgan fingerprint density at radius 2 is 1.79 bits per heavy atom. The summed E-state index contributed by atoms with van der Waals surface area (Å²) >= 11 is 0. The molecule has 0 aliphatic carbocycles. The highest BCUT2D eigenvalue weighted by Crippen LogP contribution is 2.30. The molecule has 0 saturated heterocycles. The quantitative estimate of drug-likeness (QED) is 0.646. The minimum absolute atomic E-state index is 0.133. The molecule has 3 rings (SSSR count). The van der Waals surface area contributed by atoms with Crippen LogP contribution in [0.2, 0.25) is 0 Å². The monoisotopic (exact) mass is 397 g/mol. The molecule has 0 unspecified atom stereocenters. The number of nitrogens with zero attached hydrogens (tertiary/aromatic N) is 3. The molecule has 3 aromatic rings. The fourth-order valence-corrected chi connectivity index (χ4v) is 2.30. The molecule has 0 aliphatic rings. The Balaban J connectivity index is 1.82. The number of alkyl halides is 3. The second-order valence-corrected chi connectivity index (χ2v) is 5.99. The number of rotatable bonds is 2. The third-order valence-electron chi connectivity index (χ3n) is 3.84. The highest BCUT2D eigenvalue weighted by molar-refractivity contribution is 6.04. The first-order valence-corrected chi connectivity index (χ1v) is 8.27. The average Bonchev–Trinajstić information content (AvgIpc) is 2.68. The van der Waals surface area contributed by atoms with Crippen LogP contribution in [-0.4, -0.2) is 20.9 Å². The molecule has 0 saturated carbocycles. The maximum absolute atomic E-state index is 12.8. The smallest absolute Gasteiger partial charge is 0.368 e. The van der Waals surface area contributed by atoms with Crippen LogP contribution in [0.25, 0.3) is 0 Å². The minimum Gasteiger partial charge on any atom is -0.368 e. The Morgan fingerprint density at radius 1 is 1.07 bits per heavy atom. The predicted molar refractivity (Wildman–Crippen MR) is 101 cm³/mol. The molecule has 146 valence electrons. The van der Waals surface area contributed by atoms with Crippen molar-refractivity contribution in [1.29, 1.82) is 0 Å². The summed E-state index contributed by atoms with van der Waals surface area (Å²) in [5.41, 5.74) is 6.70. The summed E-state index contributed by atoms with van der Waals surface area (Å²) in [5.74, 6) is 5.13. The number of carbonyl (C=O) groups excluding carboxylic acids is 1. The normalized spacial score (nSPS) is 10.8. The number of hydrogen-bond donors (Lipinski definition) is 2. The van der Waals surface area contributed by atoms with E-state index < -0.39 is 17.6 Å². The van der Waals surface area contributed by atoms with Crippen LogP contribution < -0.4 is 11.1 Å². The SMILES string of the molecule is Cc1ccc(C(=O)Nc2cc(C(F)(F)F)ccn2)cc1C#Cc1cnc(N)nc1. The van der Waals surface area contributed by atoms with Crippen LogP contribution in [-0.2, 0) is 6.18 Å². The van der Waals surface area contributed by atoms with Gasteiger partial charge in [-0.1, -0.05) is 17.9 Å². The van der Waals surface area contributed by atoms with Crippen molar-refractivity contribution in [3.05, 3.63) is 76.7 Å². The summed E-state index contributed by atoms with van der Waals surface area (Å²) in [5, 5.41) is 2.37. The van der Waals surface area contributed by atoms with Gasteiger partial charge in [0, 0.05) is 29.7 Å². The molecule has 0 fully saturated rings. The van der Waals surface area contributed by atoms with Crippen LogP contribution in [0.5, 0.6) is 0 Å². The fraction of sp³-hybridized carbons (Fsp3) is 0.100. The lowest BCUT2D eigenvalue weighted by Crippen LogP contribution is -2.14. The Bertz CT molecular complexity index is 1120. The van der Waals surface area contributed by atoms with Crippen molar-refractivity contribution >= 4 is 17.7 Å². The minimum atomic E-state index is -4.53. The molecule has 0 aliphatic heterocycles. The molecule has 0 spiro atoms. The molecule has 2 aromatic heterocycles. The van der Waals surface area contributed by atoms with Gasteiger partial charge >= 0.3 is 6.18 Å². The summed E-state index contributed by atoms with van der Waals surface area (Å²) in [6.45, 7) is 1.82. The fourth-order valence-electron chi connectivity index (χ4n) is 2.30. The van der Waals surface area contributed by atoms with Crippen LogP contribution in [0.15, 0.2) is 48.9 Å². The molecule has 9 heteroatoms. The molecule has 1 aromatic carbocycles. The van der Waals surface area contributed by atoms with E-state index in [2.05, 4.69) is 32.1 Å². The molecule has 2 heterocycles. The third kappa shape index (κ3) is 5.07. The highest BCUT2D eigenvalue weighted by atomic mass is 19.4. The molecular formula is C20H14F3N5O. The molecule has 1 amide bonds. The number of aromatic nitrogens is 3. The number of aryl methyl sites for hydroxylation is 1. The zero-order valence-corrected chi connectivity index (χ0v) is 15.1. The number of benzene rings is 1. The number of nitrogen functional groups attached to an aromatic ring is 1. The van der Waals surface area contributed by atoms with E-state index in [4.69, 9.17) is 5.73 Å². The highest BCUT2D eigenvalue weighted by Gasteiger charge is 2.30. The molecule has 0 radical (unpaired) electrons. The van der Waals surface area contributed by atoms with Crippen molar-refractivity contribution in [1.82, 2.24) is 15.0 Å². The van der Waals surface area contributed by atoms with Crippen LogP contribution in [0.3, 0.4) is 0 Å². The number of nitrogens with two attached hydrogens (primary N) is 1. The standard InChI is InChI=1S/C20H14F3N5O/c1-12-2-4-15(8-14(12)5-3-13-10-26-19(24)27-11-13)18(29)28-17-9-16(6-7-25-17)20(21,22)23/h2,4,6-11H,1H3,(H2,24,26,27)(H,25,28,29). The van der Waals surface area contributed by atoms with Crippen LogP contribution >= 0.6 is 0 Å². The molecule has 3 N–H and O–H groups in total. The summed E-state index contributed by atoms with van der Waals surface area (Å²) in [4.78, 5) is 23.9. The van der Waals surface area contributed by atoms with Gasteiger partial charge in [-0.05, 0) is 36.8 Å². The largest absolute Gasteiger partial charge is 0.416 e. The first-order valence-electron chi connectivity index (χ1n) is 8.27. The van der Waals surface area contributed by atoms with Crippen LogP contribution in [0.4, 0.5) is 24.9 Å². The zero-order chi connectivity index (χ0) is 21.0. The van der Waals surface area contributed by atoms with Crippen LogP contribution in [0, 0.1) is 18.8 Å². The van der Waals surface area contributed by atoms with Crippen molar-refractivity contribution < 1.29 is 18.0 Å². The van der Waals surface area contributed by atoms with Crippen molar-refractivity contribution in [3.8, 4) is 11.8 Å². The van der Waals surface area contributed by atoms with Gasteiger partial charge in [0.05, 0.1) is 11.1 Å². The average molecular weight is 397 g/mol. The van der Waals surface area contributed by atoms with E-state index in [0.29, 0.717) is 11.1 Å². The van der Waals surface area contributed by atoms with Gasteiger partial charge < -0.3 is 11.1 Å². The first kappa shape index (κ1) is 19.8. The molecule has 6 nitrogen and oxygen atoms in total. The van der Waals surface area contributed by atoms with E-state index in [9.17, 15) is 18.0 Å². The number of halogens is 3. The Hall–Kier alpha value is -3.93. The second kappa shape index (κ2) is 7.98. The maximum Gasteiger partial charge on any atom is 0.416 e. The van der Waals surface area contributed by atoms with Crippen LogP contribution in [0.1, 0.15) is 32.6 Å². The summed E-state index contributed by atoms with van der Waals surface area (Å²) in [6, 6.07) is 6.39. The number of hydrogen-bond acceptors (Lipinski definition) is 5. The van der Waals surface area contributed by atoms with Crippen molar-refractivity contribution in [2.75, 3.05) is 11.1 Å². The second-order valence-electron chi connectivity index (χ2n) is 5.99. The molecule has 0 bridgehead atoms. The first-order chi connectivity index (χ1) is 13.7. The Kier molecular flexibility index (Phi) is 5.45. The van der Waals surface area contributed by atoms with E-state index in [1.54, 1.807) is 18.2 Å². The van der Waals surface area contributed by atoms with Gasteiger partial charge in [-0.3, -0.25) is 4.79 Å². The summed E-state index contributed by atoms with van der Waals surface area (Å²) in [7, 11) is 0. The topological polar surface area (TPSA) is 93.8 Å². The van der Waals surface area contributed by atoms with Crippen molar-refractivity contribution in [2.24, 2.45) is 0 Å². The summed E-state index contributed by atoms with van der Waals surface area (Å²) in [6.07, 6.45) is -0.596. The van der Waals surface area contributed by atoms with Gasteiger partial charge in [-0.2, -0.15) is 13.2 Å². The number of anilines is 2. The number of pyridine rings is 1. The van der Waals surface area contributed by atoms with Gasteiger partial charge in [0.2, 0.25) is 5.95 Å². The number of carbonyl (C=O) groups is 1. The number of amides is 1. The van der Waals surface area contributed by atoms with Gasteiger partial charge in [0.25, 0.3) is 5.91 Å². The number of nitrogens with one attached hydrogen (secondary N) is 1. The lowest BCUT2D eigenvalue weighted by molar-refractivity contribution is -0.137. The van der Waals surface area contributed by atoms with Crippen molar-refractivity contribution in [3.63, 3.8) is 0 Å². The summed E-state index contributed by atoms with van der Waals surface area (Å²) < 4.78 is 38.4. The maximum atomic E-state index is 12.8. The van der Waals surface area contributed by atoms with E-state index in [1.807, 2.05) is 6.92 Å². The lowest BCUT2D eigenvalue weighted by Gasteiger charge is -2.09. The van der Waals surface area contributed by atoms with Gasteiger partial charge in [-0.25, -0.2) is 15.0 Å². The molecular weight excluding hydrogens is 383 g/mol. The van der Waals surface area contributed by atoms with Gasteiger partial charge in [0.1, 0.15) is 5.82 Å². The molecule has 0 atom stereocenters. The van der Waals surface area contributed by atoms with Gasteiger partial charge in [-0.15, -0.1) is 0 Å². The van der Waals surface area contributed by atoms with E-state index in [0.717, 1.165) is 23.9 Å². The third-order valence-corrected chi connectivity index (χ3v) is 3.84. The zero-order valence-electron chi connectivity index (χ0n) is 15.1. The predicted octanol–water partition coefficient (Wildman–Crippen LogP) is 3.43. The molecule has 29 heavy (non-hydrogen) atoms. The Morgan fingerprint density at radius 3 is 2.48 bits per heavy atom. The van der Waals surface area contributed by atoms with E-state index >= 15 is 0 Å². The van der Waals surface area contributed by atoms with Crippen molar-refractivity contribution in [2.45, 2.75) is 13.1 Å². The van der Waals surface area contributed by atoms with E-state index in [1.165, 1.54) is 12.4 Å². The lowest BCUT2D eigenvalue weighted by atomic mass is 10.0. The van der Waals surface area contributed by atoms with E-state index in [-0.39, 0.29) is 17.3 Å². The Labute approximate surface area is 164 Å².